The fourth-order valence-corrected chi connectivity index (χ4v) is 2.03. The van der Waals surface area contributed by atoms with Gasteiger partial charge in [0.1, 0.15) is 6.04 Å². The molecule has 0 saturated heterocycles. The van der Waals surface area contributed by atoms with Crippen LogP contribution in [0.3, 0.4) is 0 Å². The van der Waals surface area contributed by atoms with E-state index in [4.69, 9.17) is 0 Å². The van der Waals surface area contributed by atoms with Gasteiger partial charge < -0.3 is 10.2 Å². The maximum absolute atomic E-state index is 12.1. The molecule has 2 rings (SSSR count). The van der Waals surface area contributed by atoms with Crippen LogP contribution < -0.4 is 10.2 Å². The predicted molar refractivity (Wildman–Crippen MR) is 66.8 cm³/mol. The van der Waals surface area contributed by atoms with Crippen LogP contribution >= 0.6 is 0 Å². The number of hydrogen-bond donors (Lipinski definition) is 1. The van der Waals surface area contributed by atoms with Crippen LogP contribution in [0.15, 0.2) is 24.3 Å². The van der Waals surface area contributed by atoms with Crippen molar-refractivity contribution in [2.75, 3.05) is 16.8 Å². The van der Waals surface area contributed by atoms with Crippen LogP contribution in [-0.4, -0.2) is 18.5 Å². The number of benzene rings is 1. The highest BCUT2D eigenvalue weighted by Gasteiger charge is 2.28. The molecular weight excluding hydrogens is 200 g/mol. The maximum Gasteiger partial charge on any atom is 0.249 e. The molecule has 1 heterocycles. The van der Waals surface area contributed by atoms with Crippen molar-refractivity contribution in [3.63, 3.8) is 0 Å². The van der Waals surface area contributed by atoms with E-state index in [0.717, 1.165) is 30.8 Å². The molecule has 1 aromatic carbocycles. The van der Waals surface area contributed by atoms with Crippen molar-refractivity contribution in [1.29, 1.82) is 0 Å². The van der Waals surface area contributed by atoms with Crippen LogP contribution in [0.4, 0.5) is 11.4 Å². The Morgan fingerprint density at radius 1 is 1.38 bits per heavy atom. The van der Waals surface area contributed by atoms with Crippen molar-refractivity contribution in [3.8, 4) is 0 Å². The summed E-state index contributed by atoms with van der Waals surface area (Å²) in [5.74, 6) is 0.173. The first-order valence-electron chi connectivity index (χ1n) is 5.91. The van der Waals surface area contributed by atoms with Gasteiger partial charge in [0, 0.05) is 6.54 Å². The number of para-hydroxylation sites is 2. The zero-order valence-electron chi connectivity index (χ0n) is 9.86. The number of nitrogens with one attached hydrogen (secondary N) is 1. The number of carbonyl (C=O) groups is 1. The Bertz CT molecular complexity index is 389. The summed E-state index contributed by atoms with van der Waals surface area (Å²) in [6, 6.07) is 7.88. The summed E-state index contributed by atoms with van der Waals surface area (Å²) in [5.41, 5.74) is 2.07. The lowest BCUT2D eigenvalue weighted by molar-refractivity contribution is -0.119. The van der Waals surface area contributed by atoms with Gasteiger partial charge in [-0.3, -0.25) is 4.79 Å². The van der Waals surface area contributed by atoms with Crippen molar-refractivity contribution in [2.24, 2.45) is 0 Å². The molecule has 1 atom stereocenters. The molecule has 1 amide bonds. The van der Waals surface area contributed by atoms with E-state index < -0.39 is 0 Å². The van der Waals surface area contributed by atoms with Crippen molar-refractivity contribution in [3.05, 3.63) is 24.3 Å². The van der Waals surface area contributed by atoms with Gasteiger partial charge >= 0.3 is 0 Å². The largest absolute Gasteiger partial charge is 0.372 e. The summed E-state index contributed by atoms with van der Waals surface area (Å²) < 4.78 is 0. The Morgan fingerprint density at radius 3 is 2.88 bits per heavy atom. The van der Waals surface area contributed by atoms with Gasteiger partial charge in [0.05, 0.1) is 11.4 Å². The molecule has 0 aliphatic carbocycles. The van der Waals surface area contributed by atoms with Gasteiger partial charge in [-0.2, -0.15) is 0 Å². The van der Waals surface area contributed by atoms with E-state index in [-0.39, 0.29) is 11.9 Å². The standard InChI is InChI=1S/C13H18N2O/c1-3-4-9-15-12-8-6-5-7-11(12)14-10(2)13(15)16/h5-8,10,14H,3-4,9H2,1-2H3/t10-/m1/s1. The average molecular weight is 218 g/mol. The highest BCUT2D eigenvalue weighted by Crippen LogP contribution is 2.31. The lowest BCUT2D eigenvalue weighted by Crippen LogP contribution is -2.46. The van der Waals surface area contributed by atoms with Crippen LogP contribution in [0.25, 0.3) is 0 Å². The molecule has 0 saturated carbocycles. The van der Waals surface area contributed by atoms with Gasteiger partial charge in [0.15, 0.2) is 0 Å². The first-order chi connectivity index (χ1) is 7.74. The number of carbonyl (C=O) groups excluding carboxylic acids is 1. The molecule has 0 aromatic heterocycles. The second-order valence-electron chi connectivity index (χ2n) is 4.23. The normalized spacial score (nSPS) is 19.2. The third-order valence-corrected chi connectivity index (χ3v) is 2.94. The number of rotatable bonds is 3. The second kappa shape index (κ2) is 4.56. The summed E-state index contributed by atoms with van der Waals surface area (Å²) in [7, 11) is 0. The van der Waals surface area contributed by atoms with E-state index >= 15 is 0 Å². The molecule has 1 aliphatic rings. The second-order valence-corrected chi connectivity index (χ2v) is 4.23. The number of hydrogen-bond acceptors (Lipinski definition) is 2. The Morgan fingerprint density at radius 2 is 2.12 bits per heavy atom. The molecule has 3 nitrogen and oxygen atoms in total. The van der Waals surface area contributed by atoms with Gasteiger partial charge in [-0.05, 0) is 25.5 Å². The summed E-state index contributed by atoms with van der Waals surface area (Å²) in [6.07, 6.45) is 2.15. The smallest absolute Gasteiger partial charge is 0.249 e. The van der Waals surface area contributed by atoms with Crippen LogP contribution in [0.5, 0.6) is 0 Å². The number of unbranched alkanes of at least 4 members (excludes halogenated alkanes) is 1. The van der Waals surface area contributed by atoms with Gasteiger partial charge in [0.2, 0.25) is 5.91 Å². The minimum absolute atomic E-state index is 0.119. The van der Waals surface area contributed by atoms with E-state index in [1.54, 1.807) is 0 Å². The molecular formula is C13H18N2O. The van der Waals surface area contributed by atoms with Crippen molar-refractivity contribution in [1.82, 2.24) is 0 Å². The highest BCUT2D eigenvalue weighted by molar-refractivity contribution is 6.04. The third-order valence-electron chi connectivity index (χ3n) is 2.94. The first kappa shape index (κ1) is 11.0. The average Bonchev–Trinajstić information content (AvgIpc) is 2.30. The van der Waals surface area contributed by atoms with Crippen molar-refractivity contribution >= 4 is 17.3 Å². The van der Waals surface area contributed by atoms with E-state index in [9.17, 15) is 4.79 Å². The van der Waals surface area contributed by atoms with Crippen LogP contribution in [0, 0.1) is 0 Å². The fraction of sp³-hybridized carbons (Fsp3) is 0.462. The number of amides is 1. The quantitative estimate of drug-likeness (QED) is 0.845. The Labute approximate surface area is 96.5 Å². The molecule has 1 N–H and O–H groups in total. The topological polar surface area (TPSA) is 32.3 Å². The molecule has 3 heteroatoms. The molecule has 0 radical (unpaired) electrons. The minimum Gasteiger partial charge on any atom is -0.372 e. The Hall–Kier alpha value is -1.51. The number of fused-ring (bicyclic) bond motifs is 1. The van der Waals surface area contributed by atoms with E-state index in [1.165, 1.54) is 0 Å². The Kier molecular flexibility index (Phi) is 3.13. The van der Waals surface area contributed by atoms with Gasteiger partial charge in [-0.25, -0.2) is 0 Å². The summed E-state index contributed by atoms with van der Waals surface area (Å²) >= 11 is 0. The summed E-state index contributed by atoms with van der Waals surface area (Å²) in [6.45, 7) is 4.87. The molecule has 1 aliphatic heterocycles. The maximum atomic E-state index is 12.1. The van der Waals surface area contributed by atoms with E-state index in [2.05, 4.69) is 12.2 Å². The lowest BCUT2D eigenvalue weighted by Gasteiger charge is -2.33. The van der Waals surface area contributed by atoms with Gasteiger partial charge in [0.25, 0.3) is 0 Å². The summed E-state index contributed by atoms with van der Waals surface area (Å²) in [4.78, 5) is 14.0. The minimum atomic E-state index is -0.119. The van der Waals surface area contributed by atoms with Crippen molar-refractivity contribution in [2.45, 2.75) is 32.7 Å². The first-order valence-corrected chi connectivity index (χ1v) is 5.91. The molecule has 0 spiro atoms. The fourth-order valence-electron chi connectivity index (χ4n) is 2.03. The summed E-state index contributed by atoms with van der Waals surface area (Å²) in [5, 5.41) is 3.22. The molecule has 1 aromatic rings. The monoisotopic (exact) mass is 218 g/mol. The number of nitrogens with zero attached hydrogens (tertiary/aromatic N) is 1. The molecule has 86 valence electrons. The molecule has 0 unspecified atom stereocenters. The van der Waals surface area contributed by atoms with E-state index in [0.29, 0.717) is 0 Å². The van der Waals surface area contributed by atoms with Crippen LogP contribution in [0.2, 0.25) is 0 Å². The number of anilines is 2. The third kappa shape index (κ3) is 1.90. The lowest BCUT2D eigenvalue weighted by atomic mass is 10.1. The zero-order chi connectivity index (χ0) is 11.5. The highest BCUT2D eigenvalue weighted by atomic mass is 16.2. The van der Waals surface area contributed by atoms with Crippen molar-refractivity contribution < 1.29 is 4.79 Å². The molecule has 0 bridgehead atoms. The van der Waals surface area contributed by atoms with Gasteiger partial charge in [-0.1, -0.05) is 25.5 Å². The van der Waals surface area contributed by atoms with Crippen LogP contribution in [0.1, 0.15) is 26.7 Å². The molecule has 0 fully saturated rings. The Balaban J connectivity index is 2.30. The zero-order valence-corrected chi connectivity index (χ0v) is 9.86. The SMILES string of the molecule is CCCCN1C(=O)[C@@H](C)Nc2ccccc21. The van der Waals surface area contributed by atoms with E-state index in [1.807, 2.05) is 36.1 Å². The molecule has 16 heavy (non-hydrogen) atoms. The van der Waals surface area contributed by atoms with Gasteiger partial charge in [-0.15, -0.1) is 0 Å². The predicted octanol–water partition coefficient (Wildman–Crippen LogP) is 2.63. The van der Waals surface area contributed by atoms with Crippen LogP contribution in [-0.2, 0) is 4.79 Å².